The van der Waals surface area contributed by atoms with Crippen molar-refractivity contribution in [2.75, 3.05) is 0 Å². The average Bonchev–Trinajstić information content (AvgIpc) is 2.93. The largest absolute Gasteiger partial charge is 0.391 e. The van der Waals surface area contributed by atoms with Gasteiger partial charge in [-0.3, -0.25) is 4.79 Å². The van der Waals surface area contributed by atoms with Crippen LogP contribution in [0.1, 0.15) is 73.1 Å². The number of allylic oxidation sites excluding steroid dienone is 4. The molecule has 0 unspecified atom stereocenters. The maximum absolute atomic E-state index is 13.5. The highest BCUT2D eigenvalue weighted by atomic mass is 35.5. The fourth-order valence-corrected chi connectivity index (χ4v) is 6.39. The van der Waals surface area contributed by atoms with Crippen LogP contribution in [0.5, 0.6) is 0 Å². The standard InChI is InChI=1S/C21H31ClO2/c1-13(2)7-6-9-19(5)16-11-15(14(3)4)12-20(16)10-8-17(23)21(19,22)18(20)24/h7,16-17,23H,6,8-12H2,1-5H3/t16-,17-,19-,20-,21-/m1/s1. The lowest BCUT2D eigenvalue weighted by Crippen LogP contribution is -2.55. The molecule has 3 fully saturated rings. The quantitative estimate of drug-likeness (QED) is 0.562. The molecular weight excluding hydrogens is 320 g/mol. The molecule has 0 heterocycles. The number of rotatable bonds is 3. The highest BCUT2D eigenvalue weighted by molar-refractivity contribution is 6.38. The normalized spacial score (nSPS) is 43.8. The molecule has 0 aliphatic heterocycles. The summed E-state index contributed by atoms with van der Waals surface area (Å²) >= 11 is 7.01. The lowest BCUT2D eigenvalue weighted by Gasteiger charge is -2.44. The fourth-order valence-electron chi connectivity index (χ4n) is 5.87. The minimum absolute atomic E-state index is 0.136. The molecule has 2 bridgehead atoms. The maximum atomic E-state index is 13.5. The second-order valence-corrected chi connectivity index (χ2v) is 9.62. The van der Waals surface area contributed by atoms with Crippen LogP contribution in [0.2, 0.25) is 0 Å². The summed E-state index contributed by atoms with van der Waals surface area (Å²) in [6.07, 6.45) is 6.58. The highest BCUT2D eigenvalue weighted by Gasteiger charge is 2.77. The number of hydrogen-bond donors (Lipinski definition) is 1. The van der Waals surface area contributed by atoms with Gasteiger partial charge in [0.2, 0.25) is 0 Å². The first-order valence-electron chi connectivity index (χ1n) is 9.30. The summed E-state index contributed by atoms with van der Waals surface area (Å²) in [7, 11) is 0. The predicted molar refractivity (Wildman–Crippen MR) is 99.1 cm³/mol. The summed E-state index contributed by atoms with van der Waals surface area (Å²) < 4.78 is 0. The molecular formula is C21H31ClO2. The lowest BCUT2D eigenvalue weighted by molar-refractivity contribution is -0.135. The van der Waals surface area contributed by atoms with E-state index < -0.39 is 11.0 Å². The number of fused-ring (bicyclic) bond motifs is 1. The molecule has 3 saturated carbocycles. The van der Waals surface area contributed by atoms with E-state index in [0.29, 0.717) is 6.42 Å². The zero-order valence-electron chi connectivity index (χ0n) is 15.7. The van der Waals surface area contributed by atoms with Gasteiger partial charge in [0.25, 0.3) is 0 Å². The molecule has 0 radical (unpaired) electrons. The van der Waals surface area contributed by atoms with Gasteiger partial charge in [-0.05, 0) is 72.1 Å². The van der Waals surface area contributed by atoms with E-state index in [1.807, 2.05) is 0 Å². The maximum Gasteiger partial charge on any atom is 0.163 e. The Bertz CT molecular complexity index is 626. The van der Waals surface area contributed by atoms with Crippen molar-refractivity contribution in [2.45, 2.75) is 84.1 Å². The summed E-state index contributed by atoms with van der Waals surface area (Å²) in [4.78, 5) is 12.4. The predicted octanol–water partition coefficient (Wildman–Crippen LogP) is 5.19. The molecule has 2 nitrogen and oxygen atoms in total. The SMILES string of the molecule is CC(C)=CCC[C@]1(C)[C@H]2CC(=C(C)C)C[C@]23CC[C@@H](O)[C@@]1(Cl)C3=O. The van der Waals surface area contributed by atoms with E-state index in [2.05, 4.69) is 40.7 Å². The van der Waals surface area contributed by atoms with Crippen molar-refractivity contribution in [2.24, 2.45) is 16.7 Å². The third-order valence-corrected chi connectivity index (χ3v) is 8.13. The Morgan fingerprint density at radius 1 is 1.33 bits per heavy atom. The Labute approximate surface area is 151 Å². The summed E-state index contributed by atoms with van der Waals surface area (Å²) in [6, 6.07) is 0. The highest BCUT2D eigenvalue weighted by Crippen LogP contribution is 2.73. The molecule has 1 N–H and O–H groups in total. The molecule has 3 heteroatoms. The number of carbonyl (C=O) groups is 1. The van der Waals surface area contributed by atoms with E-state index in [4.69, 9.17) is 11.6 Å². The fraction of sp³-hybridized carbons (Fsp3) is 0.762. The zero-order chi connectivity index (χ0) is 17.9. The van der Waals surface area contributed by atoms with Crippen molar-refractivity contribution in [3.8, 4) is 0 Å². The summed E-state index contributed by atoms with van der Waals surface area (Å²) in [5.41, 5.74) is 3.42. The Morgan fingerprint density at radius 2 is 2.00 bits per heavy atom. The topological polar surface area (TPSA) is 37.3 Å². The van der Waals surface area contributed by atoms with Crippen LogP contribution in [0.4, 0.5) is 0 Å². The van der Waals surface area contributed by atoms with Crippen LogP contribution < -0.4 is 0 Å². The van der Waals surface area contributed by atoms with Crippen LogP contribution >= 0.6 is 11.6 Å². The Hall–Kier alpha value is -0.600. The van der Waals surface area contributed by atoms with Gasteiger partial charge in [-0.15, -0.1) is 11.6 Å². The van der Waals surface area contributed by atoms with E-state index in [-0.39, 0.29) is 22.5 Å². The number of hydrogen-bond acceptors (Lipinski definition) is 2. The molecule has 0 amide bonds. The van der Waals surface area contributed by atoms with Crippen LogP contribution in [-0.2, 0) is 4.79 Å². The molecule has 0 saturated heterocycles. The first-order valence-corrected chi connectivity index (χ1v) is 9.68. The molecule has 5 atom stereocenters. The van der Waals surface area contributed by atoms with Crippen molar-refractivity contribution in [1.29, 1.82) is 0 Å². The molecule has 0 aromatic carbocycles. The van der Waals surface area contributed by atoms with Gasteiger partial charge in [-0.25, -0.2) is 0 Å². The van der Waals surface area contributed by atoms with Crippen molar-refractivity contribution in [1.82, 2.24) is 0 Å². The van der Waals surface area contributed by atoms with Gasteiger partial charge < -0.3 is 5.11 Å². The molecule has 24 heavy (non-hydrogen) atoms. The van der Waals surface area contributed by atoms with Gasteiger partial charge in [0.1, 0.15) is 4.87 Å². The van der Waals surface area contributed by atoms with Gasteiger partial charge in [-0.2, -0.15) is 0 Å². The number of Topliss-reactive ketones (excluding diaryl/α,β-unsaturated/α-hetero) is 1. The summed E-state index contributed by atoms with van der Waals surface area (Å²) in [5.74, 6) is 0.402. The number of ketones is 1. The first-order chi connectivity index (χ1) is 11.1. The van der Waals surface area contributed by atoms with Gasteiger partial charge >= 0.3 is 0 Å². The monoisotopic (exact) mass is 350 g/mol. The molecule has 3 rings (SSSR count). The lowest BCUT2D eigenvalue weighted by atomic mass is 9.67. The van der Waals surface area contributed by atoms with Crippen LogP contribution in [-0.4, -0.2) is 21.9 Å². The Balaban J connectivity index is 2.07. The smallest absolute Gasteiger partial charge is 0.163 e. The molecule has 0 aromatic heterocycles. The molecule has 0 aromatic rings. The van der Waals surface area contributed by atoms with Crippen LogP contribution in [0.15, 0.2) is 22.8 Å². The molecule has 134 valence electrons. The number of aliphatic hydroxyl groups excluding tert-OH is 1. The second kappa shape index (κ2) is 5.71. The van der Waals surface area contributed by atoms with E-state index >= 15 is 0 Å². The summed E-state index contributed by atoms with van der Waals surface area (Å²) in [6.45, 7) is 10.7. The third-order valence-electron chi connectivity index (χ3n) is 7.28. The van der Waals surface area contributed by atoms with E-state index in [9.17, 15) is 9.90 Å². The van der Waals surface area contributed by atoms with Crippen molar-refractivity contribution in [3.63, 3.8) is 0 Å². The second-order valence-electron chi connectivity index (χ2n) is 9.03. The first kappa shape index (κ1) is 18.2. The van der Waals surface area contributed by atoms with Crippen LogP contribution in [0.3, 0.4) is 0 Å². The van der Waals surface area contributed by atoms with Gasteiger partial charge in [-0.1, -0.05) is 29.7 Å². The third kappa shape index (κ3) is 2.15. The number of aliphatic hydroxyl groups is 1. The molecule has 3 aliphatic carbocycles. The van der Waals surface area contributed by atoms with Crippen molar-refractivity contribution >= 4 is 17.4 Å². The Morgan fingerprint density at radius 3 is 2.58 bits per heavy atom. The van der Waals surface area contributed by atoms with E-state index in [1.165, 1.54) is 16.7 Å². The van der Waals surface area contributed by atoms with Gasteiger partial charge in [0.05, 0.1) is 6.10 Å². The van der Waals surface area contributed by atoms with Crippen molar-refractivity contribution in [3.05, 3.63) is 22.8 Å². The van der Waals surface area contributed by atoms with Crippen molar-refractivity contribution < 1.29 is 9.90 Å². The molecule has 1 spiro atoms. The van der Waals surface area contributed by atoms with Gasteiger partial charge in [0, 0.05) is 10.8 Å². The van der Waals surface area contributed by atoms with Gasteiger partial charge in [0.15, 0.2) is 5.78 Å². The zero-order valence-corrected chi connectivity index (χ0v) is 16.5. The Kier molecular flexibility index (Phi) is 4.33. The minimum Gasteiger partial charge on any atom is -0.391 e. The molecule has 3 aliphatic rings. The minimum atomic E-state index is -1.10. The number of alkyl halides is 1. The van der Waals surface area contributed by atoms with Crippen LogP contribution in [0.25, 0.3) is 0 Å². The van der Waals surface area contributed by atoms with Crippen LogP contribution in [0, 0.1) is 16.7 Å². The summed E-state index contributed by atoms with van der Waals surface area (Å²) in [5, 5.41) is 10.7. The average molecular weight is 351 g/mol. The van der Waals surface area contributed by atoms with E-state index in [0.717, 1.165) is 32.1 Å². The number of halogens is 1. The van der Waals surface area contributed by atoms with E-state index in [1.54, 1.807) is 0 Å². The number of carbonyl (C=O) groups excluding carboxylic acids is 1.